The van der Waals surface area contributed by atoms with Crippen LogP contribution in [-0.4, -0.2) is 73.4 Å². The van der Waals surface area contributed by atoms with E-state index >= 15 is 0 Å². The van der Waals surface area contributed by atoms with Gasteiger partial charge in [-0.3, -0.25) is 13.8 Å². The molecule has 0 heterocycles. The molecule has 74 heavy (non-hydrogen) atoms. The number of aliphatic hydroxyl groups excluding tert-OH is 1. The molecule has 9 heteroatoms. The van der Waals surface area contributed by atoms with Crippen molar-refractivity contribution < 1.29 is 32.9 Å². The van der Waals surface area contributed by atoms with Gasteiger partial charge in [0.2, 0.25) is 5.91 Å². The van der Waals surface area contributed by atoms with E-state index in [0.717, 1.165) is 32.1 Å². The van der Waals surface area contributed by atoms with Gasteiger partial charge in [-0.2, -0.15) is 0 Å². The number of allylic oxidation sites excluding steroid dienone is 3. The van der Waals surface area contributed by atoms with Crippen LogP contribution < -0.4 is 5.32 Å². The van der Waals surface area contributed by atoms with Gasteiger partial charge in [0.1, 0.15) is 13.2 Å². The summed E-state index contributed by atoms with van der Waals surface area (Å²) in [6.45, 7) is 4.87. The second-order valence-electron chi connectivity index (χ2n) is 23.8. The third-order valence-electron chi connectivity index (χ3n) is 15.2. The van der Waals surface area contributed by atoms with Crippen molar-refractivity contribution in [2.24, 2.45) is 0 Å². The molecule has 0 aliphatic rings. The molecule has 0 saturated heterocycles. The molecule has 0 bridgehead atoms. The molecule has 0 aliphatic carbocycles. The maximum absolute atomic E-state index is 13.0. The Labute approximate surface area is 462 Å². The standard InChI is InChI=1S/C65H129N2O6P/c1-6-8-10-12-14-16-18-20-22-24-25-26-27-28-29-30-31-32-33-34-35-36-37-38-39-40-41-43-45-47-49-51-53-55-57-59-65(69)66-63(62-73-74(70,71)72-61-60-67(3,4)5)64(68)58-56-54-52-50-48-46-44-42-23-21-19-17-15-13-11-9-7-2/h30-31,56,58,63-64,68H,6-29,32-55,57,59-62H2,1-5H3,(H-,66,69,70,71)/p+1/b31-30-,58-56+. The first-order valence-electron chi connectivity index (χ1n) is 32.7. The van der Waals surface area contributed by atoms with E-state index in [2.05, 4.69) is 31.3 Å². The lowest BCUT2D eigenvalue weighted by Crippen LogP contribution is -2.45. The lowest BCUT2D eigenvalue weighted by Gasteiger charge is -2.25. The van der Waals surface area contributed by atoms with Crippen LogP contribution in [0, 0.1) is 0 Å². The smallest absolute Gasteiger partial charge is 0.387 e. The average molecular weight is 1070 g/mol. The summed E-state index contributed by atoms with van der Waals surface area (Å²) in [5.74, 6) is -0.170. The highest BCUT2D eigenvalue weighted by Crippen LogP contribution is 2.43. The lowest BCUT2D eigenvalue weighted by atomic mass is 10.0. The van der Waals surface area contributed by atoms with Crippen LogP contribution >= 0.6 is 7.82 Å². The van der Waals surface area contributed by atoms with Crippen LogP contribution in [0.1, 0.15) is 335 Å². The van der Waals surface area contributed by atoms with Gasteiger partial charge in [0.05, 0.1) is 39.9 Å². The molecular weight excluding hydrogens is 936 g/mol. The van der Waals surface area contributed by atoms with Crippen LogP contribution in [0.5, 0.6) is 0 Å². The summed E-state index contributed by atoms with van der Waals surface area (Å²) in [6, 6.07) is -0.844. The summed E-state index contributed by atoms with van der Waals surface area (Å²) in [6.07, 6.45) is 73.2. The molecule has 0 rings (SSSR count). The van der Waals surface area contributed by atoms with Crippen molar-refractivity contribution >= 4 is 13.7 Å². The number of nitrogens with one attached hydrogen (secondary N) is 1. The summed E-state index contributed by atoms with van der Waals surface area (Å²) in [5, 5.41) is 14.0. The van der Waals surface area contributed by atoms with Gasteiger partial charge in [-0.05, 0) is 44.9 Å². The summed E-state index contributed by atoms with van der Waals surface area (Å²) in [7, 11) is 1.59. The summed E-state index contributed by atoms with van der Waals surface area (Å²) < 4.78 is 23.7. The van der Waals surface area contributed by atoms with Gasteiger partial charge in [0.15, 0.2) is 0 Å². The third-order valence-corrected chi connectivity index (χ3v) is 16.1. The van der Waals surface area contributed by atoms with Crippen LogP contribution in [0.3, 0.4) is 0 Å². The fraction of sp³-hybridized carbons (Fsp3) is 0.923. The zero-order chi connectivity index (χ0) is 54.2. The largest absolute Gasteiger partial charge is 0.472 e. The van der Waals surface area contributed by atoms with Crippen LogP contribution in [0.15, 0.2) is 24.3 Å². The Kier molecular flexibility index (Phi) is 55.9. The molecule has 440 valence electrons. The lowest BCUT2D eigenvalue weighted by molar-refractivity contribution is -0.870. The zero-order valence-corrected chi connectivity index (χ0v) is 51.3. The molecule has 0 aromatic carbocycles. The molecule has 0 spiro atoms. The second-order valence-corrected chi connectivity index (χ2v) is 25.3. The van der Waals surface area contributed by atoms with E-state index in [4.69, 9.17) is 9.05 Å². The van der Waals surface area contributed by atoms with Crippen molar-refractivity contribution in [3.8, 4) is 0 Å². The second kappa shape index (κ2) is 56.7. The minimum Gasteiger partial charge on any atom is -0.387 e. The van der Waals surface area contributed by atoms with E-state index in [9.17, 15) is 19.4 Å². The maximum atomic E-state index is 13.0. The van der Waals surface area contributed by atoms with Crippen molar-refractivity contribution in [1.29, 1.82) is 0 Å². The van der Waals surface area contributed by atoms with Crippen LogP contribution in [0.25, 0.3) is 0 Å². The van der Waals surface area contributed by atoms with Crippen molar-refractivity contribution in [1.82, 2.24) is 5.32 Å². The number of carbonyl (C=O) groups is 1. The minimum atomic E-state index is -4.35. The van der Waals surface area contributed by atoms with Gasteiger partial charge in [-0.1, -0.05) is 308 Å². The van der Waals surface area contributed by atoms with Gasteiger partial charge in [0.25, 0.3) is 0 Å². The quantitative estimate of drug-likeness (QED) is 0.0243. The Morgan fingerprint density at radius 3 is 1.04 bits per heavy atom. The number of rotatable bonds is 61. The Morgan fingerprint density at radius 1 is 0.446 bits per heavy atom. The molecule has 0 aromatic rings. The minimum absolute atomic E-state index is 0.0640. The number of amides is 1. The van der Waals surface area contributed by atoms with Crippen molar-refractivity contribution in [2.45, 2.75) is 347 Å². The number of phosphoric ester groups is 1. The Hall–Kier alpha value is -1.02. The van der Waals surface area contributed by atoms with E-state index in [1.807, 2.05) is 27.2 Å². The van der Waals surface area contributed by atoms with E-state index in [0.29, 0.717) is 17.4 Å². The first-order valence-corrected chi connectivity index (χ1v) is 34.2. The number of likely N-dealkylation sites (N-methyl/N-ethyl adjacent to an activating group) is 1. The molecular formula is C65H130N2O6P+. The summed E-state index contributed by atoms with van der Waals surface area (Å²) in [4.78, 5) is 23.3. The van der Waals surface area contributed by atoms with E-state index in [-0.39, 0.29) is 19.1 Å². The van der Waals surface area contributed by atoms with Gasteiger partial charge in [0, 0.05) is 6.42 Å². The van der Waals surface area contributed by atoms with Crippen molar-refractivity contribution in [3.05, 3.63) is 24.3 Å². The molecule has 0 aliphatic heterocycles. The van der Waals surface area contributed by atoms with E-state index in [1.165, 1.54) is 283 Å². The number of carbonyl (C=O) groups excluding carboxylic acids is 1. The molecule has 0 radical (unpaired) electrons. The van der Waals surface area contributed by atoms with Crippen LogP contribution in [0.2, 0.25) is 0 Å². The van der Waals surface area contributed by atoms with Crippen LogP contribution in [-0.2, 0) is 18.4 Å². The molecule has 0 saturated carbocycles. The molecule has 3 N–H and O–H groups in total. The van der Waals surface area contributed by atoms with Crippen molar-refractivity contribution in [2.75, 3.05) is 40.9 Å². The Bertz CT molecular complexity index is 1260. The highest BCUT2D eigenvalue weighted by molar-refractivity contribution is 7.47. The normalized spacial score (nSPS) is 13.9. The summed E-state index contributed by atoms with van der Waals surface area (Å²) >= 11 is 0. The van der Waals surface area contributed by atoms with Gasteiger partial charge in [-0.25, -0.2) is 4.57 Å². The maximum Gasteiger partial charge on any atom is 0.472 e. The monoisotopic (exact) mass is 1070 g/mol. The zero-order valence-electron chi connectivity index (χ0n) is 50.4. The third kappa shape index (κ3) is 58.7. The number of phosphoric acid groups is 1. The Balaban J connectivity index is 3.97. The van der Waals surface area contributed by atoms with Crippen LogP contribution in [0.4, 0.5) is 0 Å². The molecule has 1 amide bonds. The fourth-order valence-corrected chi connectivity index (χ4v) is 10.8. The average Bonchev–Trinajstić information content (AvgIpc) is 3.36. The predicted molar refractivity (Wildman–Crippen MR) is 323 cm³/mol. The molecule has 0 fully saturated rings. The van der Waals surface area contributed by atoms with E-state index in [1.54, 1.807) is 6.08 Å². The predicted octanol–water partition coefficient (Wildman–Crippen LogP) is 20.3. The van der Waals surface area contributed by atoms with Gasteiger partial charge >= 0.3 is 7.82 Å². The van der Waals surface area contributed by atoms with Gasteiger partial charge < -0.3 is 19.8 Å². The SMILES string of the molecule is CCCCCCCCCCCCCCCC/C=C\CCCCCCCCCCCCCCCCCCCC(=O)NC(COP(=O)(O)OCC[N+](C)(C)C)C(O)/C=C/CCCCCCCCCCCCCCCCC. The fourth-order valence-electron chi connectivity index (χ4n) is 10.0. The highest BCUT2D eigenvalue weighted by Gasteiger charge is 2.28. The number of hydrogen-bond acceptors (Lipinski definition) is 5. The Morgan fingerprint density at radius 2 is 0.730 bits per heavy atom. The molecule has 0 aromatic heterocycles. The molecule has 3 atom stereocenters. The topological polar surface area (TPSA) is 105 Å². The number of nitrogens with zero attached hydrogens (tertiary/aromatic N) is 1. The number of unbranched alkanes of at least 4 members (excludes halogenated alkanes) is 46. The van der Waals surface area contributed by atoms with Crippen molar-refractivity contribution in [3.63, 3.8) is 0 Å². The highest BCUT2D eigenvalue weighted by atomic mass is 31.2. The number of quaternary nitrogens is 1. The van der Waals surface area contributed by atoms with Gasteiger partial charge in [-0.15, -0.1) is 0 Å². The number of hydrogen-bond donors (Lipinski definition) is 3. The molecule has 3 unspecified atom stereocenters. The number of aliphatic hydroxyl groups is 1. The molecule has 8 nitrogen and oxygen atoms in total. The first kappa shape index (κ1) is 73.0. The van der Waals surface area contributed by atoms with E-state index < -0.39 is 20.0 Å². The summed E-state index contributed by atoms with van der Waals surface area (Å²) in [5.41, 5.74) is 0. The first-order chi connectivity index (χ1) is 36.0.